The van der Waals surface area contributed by atoms with Crippen molar-refractivity contribution in [3.63, 3.8) is 0 Å². The van der Waals surface area contributed by atoms with Crippen LogP contribution < -0.4 is 5.32 Å². The predicted octanol–water partition coefficient (Wildman–Crippen LogP) is 4.65. The van der Waals surface area contributed by atoms with E-state index in [4.69, 9.17) is 27.6 Å². The second-order valence-corrected chi connectivity index (χ2v) is 5.26. The summed E-state index contributed by atoms with van der Waals surface area (Å²) in [6, 6.07) is 8.00. The molecule has 2 rings (SSSR count). The van der Waals surface area contributed by atoms with Gasteiger partial charge in [-0.2, -0.15) is 0 Å². The Kier molecular flexibility index (Phi) is 4.92. The van der Waals surface area contributed by atoms with Gasteiger partial charge < -0.3 is 9.73 Å². The molecule has 0 aliphatic heterocycles. The lowest BCUT2D eigenvalue weighted by molar-refractivity contribution is 0.495. The monoisotopic (exact) mass is 297 g/mol. The van der Waals surface area contributed by atoms with Gasteiger partial charge in [0.15, 0.2) is 0 Å². The molecule has 1 unspecified atom stereocenters. The Labute approximate surface area is 123 Å². The van der Waals surface area contributed by atoms with Crippen LogP contribution in [0, 0.1) is 0 Å². The number of aryl methyl sites for hydroxylation is 1. The fraction of sp³-hybridized carbons (Fsp3) is 0.333. The van der Waals surface area contributed by atoms with Crippen molar-refractivity contribution >= 4 is 23.2 Å². The highest BCUT2D eigenvalue weighted by molar-refractivity contribution is 6.42. The molecule has 2 aromatic rings. The van der Waals surface area contributed by atoms with Crippen LogP contribution in [0.4, 0.5) is 0 Å². The minimum absolute atomic E-state index is 0.214. The van der Waals surface area contributed by atoms with E-state index in [-0.39, 0.29) is 6.04 Å². The molecule has 0 radical (unpaired) electrons. The van der Waals surface area contributed by atoms with E-state index in [1.807, 2.05) is 31.3 Å². The van der Waals surface area contributed by atoms with E-state index in [2.05, 4.69) is 12.2 Å². The third kappa shape index (κ3) is 3.33. The Morgan fingerprint density at radius 1 is 1.21 bits per heavy atom. The van der Waals surface area contributed by atoms with Gasteiger partial charge in [0.25, 0.3) is 0 Å². The van der Waals surface area contributed by atoms with Gasteiger partial charge in [0, 0.05) is 18.0 Å². The zero-order valence-corrected chi connectivity index (χ0v) is 12.6. The molecule has 0 fully saturated rings. The molecule has 1 N–H and O–H groups in total. The summed E-state index contributed by atoms with van der Waals surface area (Å²) in [6.45, 7) is 2.09. The van der Waals surface area contributed by atoms with Gasteiger partial charge in [-0.15, -0.1) is 0 Å². The molecule has 0 bridgehead atoms. The van der Waals surface area contributed by atoms with Crippen LogP contribution in [-0.4, -0.2) is 7.05 Å². The third-order valence-corrected chi connectivity index (χ3v) is 3.99. The molecule has 1 atom stereocenters. The van der Waals surface area contributed by atoms with Gasteiger partial charge in [-0.05, 0) is 37.2 Å². The lowest BCUT2D eigenvalue weighted by Gasteiger charge is -2.16. The minimum atomic E-state index is 0.214. The van der Waals surface area contributed by atoms with Gasteiger partial charge in [0.2, 0.25) is 0 Å². The van der Waals surface area contributed by atoms with Crippen LogP contribution in [0.25, 0.3) is 0 Å². The Hall–Kier alpha value is -0.960. The van der Waals surface area contributed by atoms with Gasteiger partial charge >= 0.3 is 0 Å². The summed E-state index contributed by atoms with van der Waals surface area (Å²) in [5.41, 5.74) is 2.35. The molecule has 1 aromatic carbocycles. The van der Waals surface area contributed by atoms with Crippen LogP contribution in [0.3, 0.4) is 0 Å². The second-order valence-electron chi connectivity index (χ2n) is 4.45. The summed E-state index contributed by atoms with van der Waals surface area (Å²) in [7, 11) is 1.95. The topological polar surface area (TPSA) is 25.2 Å². The molecule has 0 saturated heterocycles. The van der Waals surface area contributed by atoms with Crippen molar-refractivity contribution in [2.24, 2.45) is 0 Å². The predicted molar refractivity (Wildman–Crippen MR) is 80.1 cm³/mol. The molecular weight excluding hydrogens is 281 g/mol. The lowest BCUT2D eigenvalue weighted by Crippen LogP contribution is -2.19. The summed E-state index contributed by atoms with van der Waals surface area (Å²) in [5, 5.41) is 4.51. The third-order valence-electron chi connectivity index (χ3n) is 3.25. The van der Waals surface area contributed by atoms with Crippen molar-refractivity contribution in [2.45, 2.75) is 25.8 Å². The first kappa shape index (κ1) is 14.4. The number of rotatable bonds is 5. The van der Waals surface area contributed by atoms with E-state index >= 15 is 0 Å². The summed E-state index contributed by atoms with van der Waals surface area (Å²) < 4.78 is 5.49. The lowest BCUT2D eigenvalue weighted by atomic mass is 9.98. The van der Waals surface area contributed by atoms with Gasteiger partial charge in [0.05, 0.1) is 16.3 Å². The van der Waals surface area contributed by atoms with Crippen LogP contribution >= 0.6 is 23.2 Å². The average Bonchev–Trinajstić information content (AvgIpc) is 2.88. The first-order valence-electron chi connectivity index (χ1n) is 6.33. The molecule has 0 spiro atoms. The molecule has 0 saturated carbocycles. The summed E-state index contributed by atoms with van der Waals surface area (Å²) in [6.07, 6.45) is 3.48. The summed E-state index contributed by atoms with van der Waals surface area (Å²) in [5.74, 6) is 1.03. The Morgan fingerprint density at radius 3 is 2.63 bits per heavy atom. The van der Waals surface area contributed by atoms with Crippen LogP contribution in [0.15, 0.2) is 34.9 Å². The van der Waals surface area contributed by atoms with E-state index in [0.29, 0.717) is 10.0 Å². The van der Waals surface area contributed by atoms with Gasteiger partial charge in [-0.3, -0.25) is 0 Å². The number of halogens is 2. The van der Waals surface area contributed by atoms with Crippen molar-refractivity contribution in [3.8, 4) is 0 Å². The zero-order chi connectivity index (χ0) is 13.8. The van der Waals surface area contributed by atoms with Gasteiger partial charge in [-0.25, -0.2) is 0 Å². The number of hydrogen-bond acceptors (Lipinski definition) is 2. The SMILES string of the molecule is CCc1occc1C(Cc1ccc(Cl)c(Cl)c1)NC. The largest absolute Gasteiger partial charge is 0.469 e. The molecule has 0 aliphatic rings. The molecule has 4 heteroatoms. The number of hydrogen-bond donors (Lipinski definition) is 1. The van der Waals surface area contributed by atoms with E-state index in [1.165, 1.54) is 5.56 Å². The van der Waals surface area contributed by atoms with Gasteiger partial charge in [0.1, 0.15) is 5.76 Å². The molecule has 1 heterocycles. The number of benzene rings is 1. The summed E-state index contributed by atoms with van der Waals surface area (Å²) >= 11 is 12.0. The minimum Gasteiger partial charge on any atom is -0.469 e. The number of furan rings is 1. The number of nitrogens with one attached hydrogen (secondary N) is 1. The molecule has 102 valence electrons. The van der Waals surface area contributed by atoms with E-state index < -0.39 is 0 Å². The van der Waals surface area contributed by atoms with Crippen molar-refractivity contribution < 1.29 is 4.42 Å². The highest BCUT2D eigenvalue weighted by Crippen LogP contribution is 2.27. The smallest absolute Gasteiger partial charge is 0.108 e. The van der Waals surface area contributed by atoms with Crippen molar-refractivity contribution in [1.82, 2.24) is 5.32 Å². The van der Waals surface area contributed by atoms with Crippen LogP contribution in [-0.2, 0) is 12.8 Å². The second kappa shape index (κ2) is 6.47. The fourth-order valence-electron chi connectivity index (χ4n) is 2.22. The van der Waals surface area contributed by atoms with Crippen LogP contribution in [0.5, 0.6) is 0 Å². The first-order chi connectivity index (χ1) is 9.15. The molecule has 19 heavy (non-hydrogen) atoms. The Morgan fingerprint density at radius 2 is 2.00 bits per heavy atom. The Bertz CT molecular complexity index is 551. The van der Waals surface area contributed by atoms with E-state index in [9.17, 15) is 0 Å². The van der Waals surface area contributed by atoms with Crippen LogP contribution in [0.2, 0.25) is 10.0 Å². The van der Waals surface area contributed by atoms with Crippen molar-refractivity contribution in [1.29, 1.82) is 0 Å². The molecule has 2 nitrogen and oxygen atoms in total. The highest BCUT2D eigenvalue weighted by Gasteiger charge is 2.16. The van der Waals surface area contributed by atoms with Gasteiger partial charge in [-0.1, -0.05) is 36.2 Å². The average molecular weight is 298 g/mol. The Balaban J connectivity index is 2.21. The maximum absolute atomic E-state index is 6.05. The van der Waals surface area contributed by atoms with Crippen molar-refractivity contribution in [3.05, 3.63) is 57.5 Å². The maximum Gasteiger partial charge on any atom is 0.108 e. The van der Waals surface area contributed by atoms with Crippen molar-refractivity contribution in [2.75, 3.05) is 7.05 Å². The molecule has 0 aliphatic carbocycles. The highest BCUT2D eigenvalue weighted by atomic mass is 35.5. The fourth-order valence-corrected chi connectivity index (χ4v) is 2.54. The standard InChI is InChI=1S/C15H17Cl2NO/c1-3-15-11(6-7-19-15)14(18-2)9-10-4-5-12(16)13(17)8-10/h4-8,14,18H,3,9H2,1-2H3. The first-order valence-corrected chi connectivity index (χ1v) is 7.08. The van der Waals surface area contributed by atoms with E-state index in [1.54, 1.807) is 6.26 Å². The molecule has 1 aromatic heterocycles. The quantitative estimate of drug-likeness (QED) is 0.869. The number of likely N-dealkylation sites (N-methyl/N-ethyl adjacent to an activating group) is 1. The summed E-state index contributed by atoms with van der Waals surface area (Å²) in [4.78, 5) is 0. The maximum atomic E-state index is 6.05. The molecular formula is C15H17Cl2NO. The van der Waals surface area contributed by atoms with E-state index in [0.717, 1.165) is 24.2 Å². The zero-order valence-electron chi connectivity index (χ0n) is 11.0. The normalized spacial score (nSPS) is 12.6. The molecule has 0 amide bonds. The van der Waals surface area contributed by atoms with Crippen LogP contribution in [0.1, 0.15) is 29.9 Å².